The summed E-state index contributed by atoms with van der Waals surface area (Å²) in [6.45, 7) is 4.16. The van der Waals surface area contributed by atoms with E-state index in [9.17, 15) is 4.79 Å². The molecular weight excluding hydrogens is 268 g/mol. The summed E-state index contributed by atoms with van der Waals surface area (Å²) in [7, 11) is 0. The smallest absolute Gasteiger partial charge is 0.174 e. The molecule has 1 aromatic rings. The van der Waals surface area contributed by atoms with Crippen molar-refractivity contribution in [3.8, 4) is 0 Å². The fourth-order valence-electron chi connectivity index (χ4n) is 4.09. The molecule has 0 aliphatic heterocycles. The quantitative estimate of drug-likeness (QED) is 0.801. The Kier molecular flexibility index (Phi) is 3.76. The Morgan fingerprint density at radius 2 is 2.30 bits per heavy atom. The van der Waals surface area contributed by atoms with E-state index in [0.717, 1.165) is 27.6 Å². The molecule has 3 nitrogen and oxygen atoms in total. The number of fused-ring (bicyclic) bond motifs is 2. The van der Waals surface area contributed by atoms with Gasteiger partial charge in [-0.15, -0.1) is 11.3 Å². The maximum Gasteiger partial charge on any atom is 0.174 e. The van der Waals surface area contributed by atoms with E-state index >= 15 is 0 Å². The number of rotatable bonds is 5. The van der Waals surface area contributed by atoms with Gasteiger partial charge in [-0.1, -0.05) is 13.3 Å². The molecule has 2 fully saturated rings. The number of carbonyl (C=O) groups excluding carboxylic acids is 1. The number of ketones is 1. The van der Waals surface area contributed by atoms with E-state index in [1.807, 2.05) is 13.0 Å². The fourth-order valence-corrected chi connectivity index (χ4v) is 5.18. The predicted octanol–water partition coefficient (Wildman–Crippen LogP) is 4.16. The van der Waals surface area contributed by atoms with Crippen LogP contribution in [-0.2, 0) is 0 Å². The van der Waals surface area contributed by atoms with Gasteiger partial charge in [0.05, 0.1) is 15.6 Å². The molecule has 20 heavy (non-hydrogen) atoms. The molecule has 1 heterocycles. The molecule has 0 spiro atoms. The highest BCUT2D eigenvalue weighted by Gasteiger charge is 2.41. The van der Waals surface area contributed by atoms with Gasteiger partial charge in [0, 0.05) is 12.5 Å². The van der Waals surface area contributed by atoms with Gasteiger partial charge in [0.2, 0.25) is 0 Å². The van der Waals surface area contributed by atoms with Crippen molar-refractivity contribution in [2.24, 2.45) is 17.8 Å². The van der Waals surface area contributed by atoms with Gasteiger partial charge >= 0.3 is 0 Å². The summed E-state index contributed by atoms with van der Waals surface area (Å²) < 4.78 is 0. The summed E-state index contributed by atoms with van der Waals surface area (Å²) in [5, 5.41) is 4.65. The van der Waals surface area contributed by atoms with Crippen LogP contribution in [-0.4, -0.2) is 11.8 Å². The van der Waals surface area contributed by atoms with E-state index in [1.54, 1.807) is 0 Å². The largest absolute Gasteiger partial charge is 0.397 e. The first-order valence-corrected chi connectivity index (χ1v) is 8.59. The SMILES string of the molecule is CCC(=O)c1sc(NC(C)C2CC3CCC2C3)cc1N. The van der Waals surface area contributed by atoms with E-state index in [-0.39, 0.29) is 5.78 Å². The maximum absolute atomic E-state index is 11.8. The average molecular weight is 292 g/mol. The Bertz CT molecular complexity index is 511. The minimum Gasteiger partial charge on any atom is -0.397 e. The van der Waals surface area contributed by atoms with Crippen LogP contribution >= 0.6 is 11.3 Å². The Hall–Kier alpha value is -1.03. The van der Waals surface area contributed by atoms with Crippen molar-refractivity contribution in [2.75, 3.05) is 11.1 Å². The van der Waals surface area contributed by atoms with Crippen molar-refractivity contribution in [1.82, 2.24) is 0 Å². The van der Waals surface area contributed by atoms with Crippen LogP contribution in [0.3, 0.4) is 0 Å². The van der Waals surface area contributed by atoms with E-state index in [2.05, 4.69) is 12.2 Å². The highest BCUT2D eigenvalue weighted by molar-refractivity contribution is 7.18. The van der Waals surface area contributed by atoms with Gasteiger partial charge in [-0.25, -0.2) is 0 Å². The minimum absolute atomic E-state index is 0.146. The number of thiophene rings is 1. The number of hydrogen-bond acceptors (Lipinski definition) is 4. The Balaban J connectivity index is 1.67. The highest BCUT2D eigenvalue weighted by atomic mass is 32.1. The van der Waals surface area contributed by atoms with Crippen LogP contribution in [0.1, 0.15) is 55.6 Å². The lowest BCUT2D eigenvalue weighted by Crippen LogP contribution is -2.29. The molecule has 4 atom stereocenters. The Morgan fingerprint density at radius 3 is 2.90 bits per heavy atom. The highest BCUT2D eigenvalue weighted by Crippen LogP contribution is 2.50. The van der Waals surface area contributed by atoms with E-state index in [0.29, 0.717) is 18.2 Å². The third-order valence-corrected chi connectivity index (χ3v) is 6.26. The van der Waals surface area contributed by atoms with Crippen LogP contribution in [0.5, 0.6) is 0 Å². The number of nitrogen functional groups attached to an aromatic ring is 1. The van der Waals surface area contributed by atoms with E-state index in [4.69, 9.17) is 5.73 Å². The number of hydrogen-bond donors (Lipinski definition) is 2. The second-order valence-electron chi connectivity index (χ2n) is 6.44. The van der Waals surface area contributed by atoms with Gasteiger partial charge in [-0.3, -0.25) is 4.79 Å². The molecule has 2 aliphatic carbocycles. The lowest BCUT2D eigenvalue weighted by molar-refractivity contribution is 0.0993. The van der Waals surface area contributed by atoms with Crippen molar-refractivity contribution < 1.29 is 4.79 Å². The summed E-state index contributed by atoms with van der Waals surface area (Å²) in [6, 6.07) is 2.41. The number of nitrogens with two attached hydrogens (primary N) is 1. The second-order valence-corrected chi connectivity index (χ2v) is 7.50. The standard InChI is InChI=1S/C16H24N2OS/c1-3-14(19)16-13(17)8-15(20-16)18-9(2)12-7-10-4-5-11(12)6-10/h8-12,18H,3-7,17H2,1-2H3. The van der Waals surface area contributed by atoms with Gasteiger partial charge in [0.1, 0.15) is 0 Å². The molecular formula is C16H24N2OS. The second kappa shape index (κ2) is 5.40. The lowest BCUT2D eigenvalue weighted by Gasteiger charge is -2.28. The van der Waals surface area contributed by atoms with Crippen molar-refractivity contribution in [1.29, 1.82) is 0 Å². The summed E-state index contributed by atoms with van der Waals surface area (Å²) >= 11 is 1.51. The monoisotopic (exact) mass is 292 g/mol. The molecule has 0 aromatic carbocycles. The van der Waals surface area contributed by atoms with Gasteiger partial charge in [-0.2, -0.15) is 0 Å². The molecule has 4 heteroatoms. The summed E-state index contributed by atoms with van der Waals surface area (Å²) in [6.07, 6.45) is 6.18. The molecule has 3 N–H and O–H groups in total. The molecule has 2 aliphatic rings. The summed E-state index contributed by atoms with van der Waals surface area (Å²) in [5.74, 6) is 2.83. The number of nitrogens with one attached hydrogen (secondary N) is 1. The Labute approximate surface area is 124 Å². The first-order valence-electron chi connectivity index (χ1n) is 7.77. The third-order valence-electron chi connectivity index (χ3n) is 5.14. The number of Topliss-reactive ketones (excluding diaryl/α,β-unsaturated/α-hetero) is 1. The van der Waals surface area contributed by atoms with Gasteiger partial charge in [0.15, 0.2) is 5.78 Å². The first kappa shape index (κ1) is 13.9. The molecule has 0 amide bonds. The summed E-state index contributed by atoms with van der Waals surface area (Å²) in [4.78, 5) is 12.5. The molecule has 110 valence electrons. The van der Waals surface area contributed by atoms with Crippen LogP contribution in [0.4, 0.5) is 10.7 Å². The molecule has 0 radical (unpaired) electrons. The van der Waals surface area contributed by atoms with Crippen LogP contribution in [0.25, 0.3) is 0 Å². The molecule has 2 bridgehead atoms. The zero-order valence-corrected chi connectivity index (χ0v) is 13.1. The van der Waals surface area contributed by atoms with E-state index in [1.165, 1.54) is 37.0 Å². The van der Waals surface area contributed by atoms with Crippen molar-refractivity contribution in [3.63, 3.8) is 0 Å². The van der Waals surface area contributed by atoms with Crippen LogP contribution < -0.4 is 11.1 Å². The van der Waals surface area contributed by atoms with Gasteiger partial charge in [-0.05, 0) is 50.0 Å². The number of carbonyl (C=O) groups is 1. The van der Waals surface area contributed by atoms with Crippen LogP contribution in [0.15, 0.2) is 6.07 Å². The number of anilines is 2. The van der Waals surface area contributed by atoms with Crippen molar-refractivity contribution in [2.45, 2.75) is 52.0 Å². The van der Waals surface area contributed by atoms with Crippen molar-refractivity contribution in [3.05, 3.63) is 10.9 Å². The third kappa shape index (κ3) is 2.46. The maximum atomic E-state index is 11.8. The first-order chi connectivity index (χ1) is 9.58. The molecule has 3 rings (SSSR count). The zero-order valence-electron chi connectivity index (χ0n) is 12.3. The molecule has 0 saturated heterocycles. The van der Waals surface area contributed by atoms with Crippen LogP contribution in [0, 0.1) is 17.8 Å². The molecule has 1 aromatic heterocycles. The van der Waals surface area contributed by atoms with E-state index < -0.39 is 0 Å². The van der Waals surface area contributed by atoms with Gasteiger partial charge in [0.25, 0.3) is 0 Å². The van der Waals surface area contributed by atoms with Crippen LogP contribution in [0.2, 0.25) is 0 Å². The predicted molar refractivity (Wildman–Crippen MR) is 85.4 cm³/mol. The van der Waals surface area contributed by atoms with Gasteiger partial charge < -0.3 is 11.1 Å². The molecule has 2 saturated carbocycles. The summed E-state index contributed by atoms with van der Waals surface area (Å²) in [5.41, 5.74) is 6.59. The lowest BCUT2D eigenvalue weighted by atomic mass is 9.84. The zero-order chi connectivity index (χ0) is 14.3. The molecule has 4 unspecified atom stereocenters. The Morgan fingerprint density at radius 1 is 1.50 bits per heavy atom. The minimum atomic E-state index is 0.146. The average Bonchev–Trinajstić information content (AvgIpc) is 3.13. The van der Waals surface area contributed by atoms with Crippen molar-refractivity contribution >= 4 is 27.8 Å². The fraction of sp³-hybridized carbons (Fsp3) is 0.688. The topological polar surface area (TPSA) is 55.1 Å². The normalized spacial score (nSPS) is 29.6.